The first-order valence-electron chi connectivity index (χ1n) is 5.63. The van der Waals surface area contributed by atoms with E-state index in [4.69, 9.17) is 15.6 Å². The molecule has 2 rings (SSSR count). The van der Waals surface area contributed by atoms with Crippen molar-refractivity contribution >= 4 is 17.3 Å². The molecule has 1 heterocycles. The Bertz CT molecular complexity index is 479. The maximum Gasteiger partial charge on any atom is 0.337 e. The molecule has 1 aliphatic rings. The molecule has 1 atom stereocenters. The second kappa shape index (κ2) is 4.81. The van der Waals surface area contributed by atoms with Crippen LogP contribution in [0.15, 0.2) is 12.1 Å². The van der Waals surface area contributed by atoms with E-state index in [1.165, 1.54) is 6.07 Å². The van der Waals surface area contributed by atoms with Gasteiger partial charge in [0.2, 0.25) is 0 Å². The molecule has 1 fully saturated rings. The highest BCUT2D eigenvalue weighted by Crippen LogP contribution is 2.28. The van der Waals surface area contributed by atoms with Crippen LogP contribution >= 0.6 is 0 Å². The molecule has 1 unspecified atom stereocenters. The van der Waals surface area contributed by atoms with Gasteiger partial charge in [-0.25, -0.2) is 9.18 Å². The van der Waals surface area contributed by atoms with Crippen molar-refractivity contribution in [1.29, 1.82) is 0 Å². The molecule has 1 aromatic rings. The third-order valence-electron chi connectivity index (χ3n) is 3.17. The van der Waals surface area contributed by atoms with Crippen molar-refractivity contribution in [2.45, 2.75) is 12.5 Å². The monoisotopic (exact) mass is 254 g/mol. The van der Waals surface area contributed by atoms with Gasteiger partial charge in [0.25, 0.3) is 0 Å². The zero-order chi connectivity index (χ0) is 13.3. The summed E-state index contributed by atoms with van der Waals surface area (Å²) in [4.78, 5) is 12.7. The summed E-state index contributed by atoms with van der Waals surface area (Å²) in [6, 6.07) is 2.34. The number of halogens is 1. The molecule has 0 aromatic heterocycles. The molecule has 0 amide bonds. The fourth-order valence-electron chi connectivity index (χ4n) is 2.14. The number of carbonyl (C=O) groups is 1. The summed E-state index contributed by atoms with van der Waals surface area (Å²) in [7, 11) is 1.61. The minimum Gasteiger partial charge on any atom is -0.478 e. The summed E-state index contributed by atoms with van der Waals surface area (Å²) in [5.74, 6) is -1.66. The van der Waals surface area contributed by atoms with E-state index in [2.05, 4.69) is 0 Å². The van der Waals surface area contributed by atoms with Crippen LogP contribution in [0.25, 0.3) is 0 Å². The minimum absolute atomic E-state index is 0.0511. The molecule has 1 saturated heterocycles. The summed E-state index contributed by atoms with van der Waals surface area (Å²) in [6.07, 6.45) is 0.846. The zero-order valence-electron chi connectivity index (χ0n) is 10.0. The number of aromatic carboxylic acids is 1. The number of nitrogen functional groups attached to an aromatic ring is 1. The summed E-state index contributed by atoms with van der Waals surface area (Å²) < 4.78 is 19.0. The second-order valence-corrected chi connectivity index (χ2v) is 4.29. The number of rotatable bonds is 3. The number of methoxy groups -OCH3 is 1. The lowest BCUT2D eigenvalue weighted by Gasteiger charge is -2.20. The fourth-order valence-corrected chi connectivity index (χ4v) is 2.14. The molecule has 1 aliphatic heterocycles. The third-order valence-corrected chi connectivity index (χ3v) is 3.17. The number of benzene rings is 1. The number of hydrogen-bond acceptors (Lipinski definition) is 4. The smallest absolute Gasteiger partial charge is 0.337 e. The number of ether oxygens (including phenoxy) is 1. The van der Waals surface area contributed by atoms with Gasteiger partial charge in [-0.1, -0.05) is 0 Å². The van der Waals surface area contributed by atoms with Crippen molar-refractivity contribution in [3.63, 3.8) is 0 Å². The van der Waals surface area contributed by atoms with Crippen LogP contribution in [0.4, 0.5) is 15.8 Å². The molecule has 6 heteroatoms. The summed E-state index contributed by atoms with van der Waals surface area (Å²) in [5, 5.41) is 8.98. The van der Waals surface area contributed by atoms with E-state index in [1.807, 2.05) is 0 Å². The van der Waals surface area contributed by atoms with E-state index in [9.17, 15) is 9.18 Å². The van der Waals surface area contributed by atoms with Gasteiger partial charge >= 0.3 is 5.97 Å². The lowest BCUT2D eigenvalue weighted by Crippen LogP contribution is -2.23. The number of anilines is 2. The van der Waals surface area contributed by atoms with Gasteiger partial charge < -0.3 is 20.5 Å². The standard InChI is InChI=1S/C12H15FN2O3/c1-18-7-2-3-15(6-7)11-4-8(12(16)17)10(14)5-9(11)13/h4-5,7H,2-3,6,14H2,1H3,(H,16,17). The van der Waals surface area contributed by atoms with Gasteiger partial charge in [-0.2, -0.15) is 0 Å². The predicted molar refractivity (Wildman–Crippen MR) is 65.4 cm³/mol. The molecule has 0 bridgehead atoms. The van der Waals surface area contributed by atoms with Crippen LogP contribution in [0.2, 0.25) is 0 Å². The highest BCUT2D eigenvalue weighted by Gasteiger charge is 2.25. The molecule has 18 heavy (non-hydrogen) atoms. The van der Waals surface area contributed by atoms with E-state index < -0.39 is 11.8 Å². The number of carboxylic acids is 1. The Hall–Kier alpha value is -1.82. The minimum atomic E-state index is -1.16. The van der Waals surface area contributed by atoms with Crippen LogP contribution < -0.4 is 10.6 Å². The van der Waals surface area contributed by atoms with Gasteiger partial charge in [0.05, 0.1) is 17.4 Å². The van der Waals surface area contributed by atoms with Crippen LogP contribution in [-0.2, 0) is 4.74 Å². The van der Waals surface area contributed by atoms with Crippen molar-refractivity contribution in [1.82, 2.24) is 0 Å². The van der Waals surface area contributed by atoms with Crippen molar-refractivity contribution in [2.75, 3.05) is 30.8 Å². The average Bonchev–Trinajstić information content (AvgIpc) is 2.77. The summed E-state index contributed by atoms with van der Waals surface area (Å²) in [5.41, 5.74) is 5.60. The Morgan fingerprint density at radius 2 is 2.33 bits per heavy atom. The number of nitrogens with zero attached hydrogens (tertiary/aromatic N) is 1. The lowest BCUT2D eigenvalue weighted by molar-refractivity contribution is 0.0698. The molecule has 98 valence electrons. The quantitative estimate of drug-likeness (QED) is 0.796. The molecule has 1 aromatic carbocycles. The number of hydrogen-bond donors (Lipinski definition) is 2. The predicted octanol–water partition coefficient (Wildman–Crippen LogP) is 1.33. The van der Waals surface area contributed by atoms with E-state index >= 15 is 0 Å². The van der Waals surface area contributed by atoms with Crippen LogP contribution in [-0.4, -0.2) is 37.4 Å². The first kappa shape index (κ1) is 12.6. The third kappa shape index (κ3) is 2.24. The molecule has 5 nitrogen and oxygen atoms in total. The van der Waals surface area contributed by atoms with E-state index in [0.717, 1.165) is 12.5 Å². The first-order valence-corrected chi connectivity index (χ1v) is 5.63. The largest absolute Gasteiger partial charge is 0.478 e. The van der Waals surface area contributed by atoms with Crippen molar-refractivity contribution < 1.29 is 19.0 Å². The van der Waals surface area contributed by atoms with E-state index in [1.54, 1.807) is 12.0 Å². The van der Waals surface area contributed by atoms with Gasteiger partial charge in [-0.05, 0) is 18.6 Å². The molecular weight excluding hydrogens is 239 g/mol. The summed E-state index contributed by atoms with van der Waals surface area (Å²) in [6.45, 7) is 1.19. The molecule has 0 spiro atoms. The van der Waals surface area contributed by atoms with Crippen molar-refractivity contribution in [3.05, 3.63) is 23.5 Å². The normalized spacial score (nSPS) is 19.2. The maximum absolute atomic E-state index is 13.8. The Labute approximate surface area is 104 Å². The molecule has 0 saturated carbocycles. The number of carboxylic acid groups (broad SMARTS) is 1. The lowest BCUT2D eigenvalue weighted by atomic mass is 10.1. The molecule has 0 aliphatic carbocycles. The van der Waals surface area contributed by atoms with E-state index in [-0.39, 0.29) is 23.0 Å². The van der Waals surface area contributed by atoms with Gasteiger partial charge in [0.1, 0.15) is 5.82 Å². The van der Waals surface area contributed by atoms with Crippen LogP contribution in [0, 0.1) is 5.82 Å². The maximum atomic E-state index is 13.8. The Kier molecular flexibility index (Phi) is 3.38. The molecule has 0 radical (unpaired) electrons. The molecular formula is C12H15FN2O3. The highest BCUT2D eigenvalue weighted by molar-refractivity contribution is 5.95. The summed E-state index contributed by atoms with van der Waals surface area (Å²) >= 11 is 0. The second-order valence-electron chi connectivity index (χ2n) is 4.29. The molecule has 3 N–H and O–H groups in total. The first-order chi connectivity index (χ1) is 8.52. The highest BCUT2D eigenvalue weighted by atomic mass is 19.1. The Balaban J connectivity index is 2.33. The topological polar surface area (TPSA) is 75.8 Å². The van der Waals surface area contributed by atoms with E-state index in [0.29, 0.717) is 13.1 Å². The van der Waals surface area contributed by atoms with Crippen LogP contribution in [0.1, 0.15) is 16.8 Å². The Morgan fingerprint density at radius 1 is 1.61 bits per heavy atom. The van der Waals surface area contributed by atoms with Crippen molar-refractivity contribution in [3.8, 4) is 0 Å². The fraction of sp³-hybridized carbons (Fsp3) is 0.417. The average molecular weight is 254 g/mol. The van der Waals surface area contributed by atoms with Crippen molar-refractivity contribution in [2.24, 2.45) is 0 Å². The Morgan fingerprint density at radius 3 is 2.89 bits per heavy atom. The van der Waals surface area contributed by atoms with Crippen LogP contribution in [0.3, 0.4) is 0 Å². The van der Waals surface area contributed by atoms with Gasteiger partial charge in [-0.15, -0.1) is 0 Å². The van der Waals surface area contributed by atoms with Gasteiger partial charge in [0, 0.05) is 25.9 Å². The number of nitrogens with two attached hydrogens (primary N) is 1. The zero-order valence-corrected chi connectivity index (χ0v) is 10.0. The van der Waals surface area contributed by atoms with Gasteiger partial charge in [0.15, 0.2) is 0 Å². The van der Waals surface area contributed by atoms with Crippen LogP contribution in [0.5, 0.6) is 0 Å². The van der Waals surface area contributed by atoms with Gasteiger partial charge in [-0.3, -0.25) is 0 Å². The SMILES string of the molecule is COC1CCN(c2cc(C(=O)O)c(N)cc2F)C1.